The molecule has 0 radical (unpaired) electrons. The molecule has 3 aromatic rings. The van der Waals surface area contributed by atoms with Gasteiger partial charge in [0.1, 0.15) is 11.5 Å². The fraction of sp³-hybridized carbons (Fsp3) is 0.111. The molecule has 0 atom stereocenters. The van der Waals surface area contributed by atoms with Gasteiger partial charge in [-0.3, -0.25) is 0 Å². The van der Waals surface area contributed by atoms with E-state index < -0.39 is 0 Å². The van der Waals surface area contributed by atoms with Crippen molar-refractivity contribution in [1.29, 1.82) is 0 Å². The maximum atomic E-state index is 6.05. The number of hydrogen-bond acceptors (Lipinski definition) is 2. The number of benzene rings is 2. The van der Waals surface area contributed by atoms with Gasteiger partial charge in [-0.25, -0.2) is 0 Å². The largest absolute Gasteiger partial charge is 0.456 e. The van der Waals surface area contributed by atoms with Crippen molar-refractivity contribution in [3.63, 3.8) is 0 Å². The zero-order valence-electron chi connectivity index (χ0n) is 11.6. The highest BCUT2D eigenvalue weighted by atomic mass is 32.2. The van der Waals surface area contributed by atoms with Crippen LogP contribution in [0.5, 0.6) is 0 Å². The lowest BCUT2D eigenvalue weighted by molar-refractivity contribution is 0.595. The standard InChI is InChI=1S/C18H16OS/c1-13-12-17(14-8-10-16(20-2)11-9-14)19-18(13)15-6-4-3-5-7-15/h3-12H,1-2H3. The van der Waals surface area contributed by atoms with Crippen molar-refractivity contribution in [2.75, 3.05) is 6.26 Å². The summed E-state index contributed by atoms with van der Waals surface area (Å²) in [5.74, 6) is 1.88. The Hall–Kier alpha value is -1.93. The normalized spacial score (nSPS) is 10.7. The van der Waals surface area contributed by atoms with Crippen LogP contribution in [0, 0.1) is 6.92 Å². The van der Waals surface area contributed by atoms with Gasteiger partial charge in [0, 0.05) is 16.0 Å². The van der Waals surface area contributed by atoms with Crippen LogP contribution in [-0.2, 0) is 0 Å². The first-order chi connectivity index (χ1) is 9.78. The van der Waals surface area contributed by atoms with Gasteiger partial charge in [-0.05, 0) is 36.9 Å². The highest BCUT2D eigenvalue weighted by Crippen LogP contribution is 2.32. The molecule has 0 spiro atoms. The van der Waals surface area contributed by atoms with Gasteiger partial charge in [0.25, 0.3) is 0 Å². The van der Waals surface area contributed by atoms with E-state index in [0.29, 0.717) is 0 Å². The molecule has 0 unspecified atom stereocenters. The highest BCUT2D eigenvalue weighted by molar-refractivity contribution is 7.98. The molecule has 0 aliphatic carbocycles. The molecule has 3 rings (SSSR count). The molecule has 0 fully saturated rings. The van der Waals surface area contributed by atoms with Crippen molar-refractivity contribution in [2.24, 2.45) is 0 Å². The fourth-order valence-corrected chi connectivity index (χ4v) is 2.66. The van der Waals surface area contributed by atoms with Gasteiger partial charge in [0.2, 0.25) is 0 Å². The number of furan rings is 1. The minimum atomic E-state index is 0.925. The van der Waals surface area contributed by atoms with Crippen LogP contribution in [0.4, 0.5) is 0 Å². The van der Waals surface area contributed by atoms with Gasteiger partial charge in [-0.1, -0.05) is 42.5 Å². The number of rotatable bonds is 3. The summed E-state index contributed by atoms with van der Waals surface area (Å²) in [7, 11) is 0. The first-order valence-corrected chi connectivity index (χ1v) is 7.80. The number of aryl methyl sites for hydroxylation is 1. The molecule has 1 heterocycles. The summed E-state index contributed by atoms with van der Waals surface area (Å²) in [4.78, 5) is 1.26. The summed E-state index contributed by atoms with van der Waals surface area (Å²) >= 11 is 1.75. The van der Waals surface area contributed by atoms with Gasteiger partial charge in [0.15, 0.2) is 0 Å². The molecule has 0 saturated carbocycles. The van der Waals surface area contributed by atoms with Crippen LogP contribution in [0.2, 0.25) is 0 Å². The van der Waals surface area contributed by atoms with Gasteiger partial charge in [-0.15, -0.1) is 11.8 Å². The maximum Gasteiger partial charge on any atom is 0.137 e. The summed E-state index contributed by atoms with van der Waals surface area (Å²) in [6.45, 7) is 2.09. The van der Waals surface area contributed by atoms with Crippen LogP contribution in [-0.4, -0.2) is 6.26 Å². The van der Waals surface area contributed by atoms with Crippen LogP contribution in [0.25, 0.3) is 22.6 Å². The topological polar surface area (TPSA) is 13.1 Å². The van der Waals surface area contributed by atoms with Crippen LogP contribution in [0.1, 0.15) is 5.56 Å². The highest BCUT2D eigenvalue weighted by Gasteiger charge is 2.10. The molecule has 1 aromatic heterocycles. The molecule has 0 N–H and O–H groups in total. The molecule has 1 nitrogen and oxygen atoms in total. The van der Waals surface area contributed by atoms with E-state index in [4.69, 9.17) is 4.42 Å². The zero-order valence-corrected chi connectivity index (χ0v) is 12.4. The van der Waals surface area contributed by atoms with Crippen molar-refractivity contribution >= 4 is 11.8 Å². The van der Waals surface area contributed by atoms with Crippen molar-refractivity contribution in [3.8, 4) is 22.6 Å². The number of thioether (sulfide) groups is 1. The Kier molecular flexibility index (Phi) is 3.66. The molecule has 0 amide bonds. The van der Waals surface area contributed by atoms with E-state index in [1.807, 2.05) is 18.2 Å². The fourth-order valence-electron chi connectivity index (χ4n) is 2.26. The molecule has 2 heteroatoms. The van der Waals surface area contributed by atoms with Crippen molar-refractivity contribution in [1.82, 2.24) is 0 Å². The second-order valence-electron chi connectivity index (χ2n) is 4.72. The van der Waals surface area contributed by atoms with Gasteiger partial charge in [-0.2, -0.15) is 0 Å². The molecule has 2 aromatic carbocycles. The summed E-state index contributed by atoms with van der Waals surface area (Å²) in [5.41, 5.74) is 3.41. The Morgan fingerprint density at radius 2 is 1.55 bits per heavy atom. The number of hydrogen-bond donors (Lipinski definition) is 0. The Balaban J connectivity index is 2.00. The molecular weight excluding hydrogens is 264 g/mol. The van der Waals surface area contributed by atoms with E-state index in [0.717, 1.165) is 22.6 Å². The zero-order chi connectivity index (χ0) is 13.9. The monoisotopic (exact) mass is 280 g/mol. The molecule has 0 aliphatic heterocycles. The van der Waals surface area contributed by atoms with E-state index in [9.17, 15) is 0 Å². The SMILES string of the molecule is CSc1ccc(-c2cc(C)c(-c3ccccc3)o2)cc1. The molecule has 0 bridgehead atoms. The Morgan fingerprint density at radius 1 is 0.850 bits per heavy atom. The van der Waals surface area contributed by atoms with Crippen LogP contribution in [0.3, 0.4) is 0 Å². The second-order valence-corrected chi connectivity index (χ2v) is 5.60. The summed E-state index contributed by atoms with van der Waals surface area (Å²) in [6.07, 6.45) is 2.08. The first kappa shape index (κ1) is 13.1. The summed E-state index contributed by atoms with van der Waals surface area (Å²) in [5, 5.41) is 0. The molecule has 20 heavy (non-hydrogen) atoms. The first-order valence-electron chi connectivity index (χ1n) is 6.58. The molecule has 0 aliphatic rings. The van der Waals surface area contributed by atoms with Crippen LogP contribution in [0.15, 0.2) is 70.0 Å². The van der Waals surface area contributed by atoms with Gasteiger partial charge in [0.05, 0.1) is 0 Å². The van der Waals surface area contributed by atoms with Crippen molar-refractivity contribution in [3.05, 3.63) is 66.2 Å². The minimum absolute atomic E-state index is 0.925. The minimum Gasteiger partial charge on any atom is -0.456 e. The van der Waals surface area contributed by atoms with Crippen molar-refractivity contribution in [2.45, 2.75) is 11.8 Å². The van der Waals surface area contributed by atoms with E-state index in [1.54, 1.807) is 11.8 Å². The van der Waals surface area contributed by atoms with E-state index >= 15 is 0 Å². The van der Waals surface area contributed by atoms with Crippen molar-refractivity contribution < 1.29 is 4.42 Å². The van der Waals surface area contributed by atoms with E-state index in [1.165, 1.54) is 10.5 Å². The Labute approximate surface area is 123 Å². The Bertz CT molecular complexity index is 696. The van der Waals surface area contributed by atoms with Crippen LogP contribution < -0.4 is 0 Å². The van der Waals surface area contributed by atoms with E-state index in [-0.39, 0.29) is 0 Å². The second kappa shape index (κ2) is 5.59. The lowest BCUT2D eigenvalue weighted by Crippen LogP contribution is -1.75. The molecule has 0 saturated heterocycles. The third-order valence-electron chi connectivity index (χ3n) is 3.33. The lowest BCUT2D eigenvalue weighted by atomic mass is 10.1. The Morgan fingerprint density at radius 3 is 2.20 bits per heavy atom. The average Bonchev–Trinajstić information content (AvgIpc) is 2.90. The predicted octanol–water partition coefficient (Wildman–Crippen LogP) is 5.64. The summed E-state index contributed by atoms with van der Waals surface area (Å²) in [6, 6.07) is 20.8. The lowest BCUT2D eigenvalue weighted by Gasteiger charge is -2.00. The molecular formula is C18H16OS. The van der Waals surface area contributed by atoms with E-state index in [2.05, 4.69) is 55.6 Å². The summed E-state index contributed by atoms with van der Waals surface area (Å²) < 4.78 is 6.05. The maximum absolute atomic E-state index is 6.05. The quantitative estimate of drug-likeness (QED) is 0.576. The third kappa shape index (κ3) is 2.52. The van der Waals surface area contributed by atoms with Crippen LogP contribution >= 0.6 is 11.8 Å². The predicted molar refractivity (Wildman–Crippen MR) is 86.1 cm³/mol. The van der Waals surface area contributed by atoms with Gasteiger partial charge < -0.3 is 4.42 Å². The third-order valence-corrected chi connectivity index (χ3v) is 4.07. The molecule has 100 valence electrons. The average molecular weight is 280 g/mol. The van der Waals surface area contributed by atoms with Gasteiger partial charge >= 0.3 is 0 Å². The smallest absolute Gasteiger partial charge is 0.137 e.